The van der Waals surface area contributed by atoms with Gasteiger partial charge in [-0.05, 0) is 24.3 Å². The molecule has 0 aliphatic carbocycles. The number of hydrogen-bond donors (Lipinski definition) is 1. The number of fused-ring (bicyclic) bond motifs is 1. The van der Waals surface area contributed by atoms with Crippen LogP contribution in [0.3, 0.4) is 0 Å². The molecule has 2 aromatic carbocycles. The first-order chi connectivity index (χ1) is 8.77. The molecule has 0 radical (unpaired) electrons. The fourth-order valence-corrected chi connectivity index (χ4v) is 3.90. The van der Waals surface area contributed by atoms with Crippen LogP contribution in [0.1, 0.15) is 0 Å². The van der Waals surface area contributed by atoms with Crippen LogP contribution in [0.4, 0.5) is 4.79 Å². The van der Waals surface area contributed by atoms with Gasteiger partial charge in [-0.2, -0.15) is 4.79 Å². The summed E-state index contributed by atoms with van der Waals surface area (Å²) in [6, 6.07) is 19.4. The van der Waals surface area contributed by atoms with Gasteiger partial charge in [0.2, 0.25) is 0 Å². The van der Waals surface area contributed by atoms with Crippen molar-refractivity contribution in [2.24, 2.45) is 0 Å². The number of thiophene rings is 1. The highest BCUT2D eigenvalue weighted by Crippen LogP contribution is 2.43. The Labute approximate surface area is 107 Å². The number of hydrogen-bond acceptors (Lipinski definition) is 1. The minimum atomic E-state index is -0.865. The summed E-state index contributed by atoms with van der Waals surface area (Å²) < 4.78 is 0.906. The molecule has 88 valence electrons. The first-order valence-corrected chi connectivity index (χ1v) is 6.83. The highest BCUT2D eigenvalue weighted by atomic mass is 32.2. The molecule has 0 fully saturated rings. The summed E-state index contributed by atoms with van der Waals surface area (Å²) >= 11 is 0. The lowest BCUT2D eigenvalue weighted by Crippen LogP contribution is -1.85. The van der Waals surface area contributed by atoms with Crippen molar-refractivity contribution >= 4 is 25.9 Å². The Morgan fingerprint density at radius 3 is 2.33 bits per heavy atom. The summed E-state index contributed by atoms with van der Waals surface area (Å²) in [6.45, 7) is 0. The van der Waals surface area contributed by atoms with E-state index in [1.165, 1.54) is 0 Å². The third kappa shape index (κ3) is 1.69. The fourth-order valence-electron chi connectivity index (χ4n) is 2.10. The molecule has 3 rings (SSSR count). The topological polar surface area (TPSA) is 37.3 Å². The minimum absolute atomic E-state index is 0.768. The van der Waals surface area contributed by atoms with E-state index in [0.29, 0.717) is 0 Å². The summed E-state index contributed by atoms with van der Waals surface area (Å²) in [7, 11) is -0.865. The summed E-state index contributed by atoms with van der Waals surface area (Å²) in [5, 5.41) is 9.71. The van der Waals surface area contributed by atoms with Gasteiger partial charge in [0.05, 0.1) is 0 Å². The van der Waals surface area contributed by atoms with Crippen molar-refractivity contribution in [3.8, 4) is 10.4 Å². The van der Waals surface area contributed by atoms with E-state index in [1.54, 1.807) is 0 Å². The molecule has 1 atom stereocenters. The summed E-state index contributed by atoms with van der Waals surface area (Å²) in [5.41, 5.74) is 0.986. The Morgan fingerprint density at radius 1 is 0.944 bits per heavy atom. The van der Waals surface area contributed by atoms with E-state index in [4.69, 9.17) is 0 Å². The Morgan fingerprint density at radius 2 is 1.61 bits per heavy atom. The third-order valence-electron chi connectivity index (χ3n) is 2.88. The zero-order valence-corrected chi connectivity index (χ0v) is 10.4. The molecule has 1 aromatic heterocycles. The highest BCUT2D eigenvalue weighted by Gasteiger charge is 2.28. The molecule has 3 heteroatoms. The predicted octanol–water partition coefficient (Wildman–Crippen LogP) is 4.78. The van der Waals surface area contributed by atoms with Crippen LogP contribution in [0.5, 0.6) is 0 Å². The molecule has 0 aliphatic heterocycles. The quantitative estimate of drug-likeness (QED) is 0.669. The molecule has 18 heavy (non-hydrogen) atoms. The molecule has 0 amide bonds. The van der Waals surface area contributed by atoms with E-state index < -0.39 is 15.8 Å². The molecule has 0 aliphatic rings. The van der Waals surface area contributed by atoms with Crippen LogP contribution in [0.25, 0.3) is 20.5 Å². The second-order valence-corrected chi connectivity index (χ2v) is 5.83. The average molecular weight is 255 g/mol. The van der Waals surface area contributed by atoms with Crippen molar-refractivity contribution in [2.75, 3.05) is 0 Å². The molecular formula is C15H11O2S+. The number of benzene rings is 2. The Kier molecular flexibility index (Phi) is 2.61. The number of carbonyl (C=O) groups is 1. The fraction of sp³-hybridized carbons (Fsp3) is 0. The average Bonchev–Trinajstić information content (AvgIpc) is 2.79. The van der Waals surface area contributed by atoms with E-state index in [0.717, 1.165) is 20.5 Å². The molecule has 0 spiro atoms. The zero-order valence-electron chi connectivity index (χ0n) is 9.54. The molecule has 3 aromatic rings. The molecular weight excluding hydrogens is 244 g/mol. The molecule has 1 N–H and O–H groups in total. The standard InChI is InChI=1S/C15H10O2S/c16-15(17)18-13-9-5-4-8-12(13)10-14(18)11-6-2-1-3-7-11/h1-10H/p+1. The normalized spacial score (nSPS) is 11.7. The lowest BCUT2D eigenvalue weighted by atomic mass is 10.2. The van der Waals surface area contributed by atoms with Gasteiger partial charge >= 0.3 is 5.30 Å². The minimum Gasteiger partial charge on any atom is -0.437 e. The van der Waals surface area contributed by atoms with Crippen LogP contribution in [0.2, 0.25) is 0 Å². The van der Waals surface area contributed by atoms with Gasteiger partial charge in [-0.3, -0.25) is 0 Å². The monoisotopic (exact) mass is 255 g/mol. The van der Waals surface area contributed by atoms with Gasteiger partial charge in [0, 0.05) is 17.0 Å². The van der Waals surface area contributed by atoms with E-state index >= 15 is 0 Å². The largest absolute Gasteiger partial charge is 0.553 e. The maximum atomic E-state index is 11.5. The number of carboxylic acid groups (broad SMARTS) is 1. The van der Waals surface area contributed by atoms with Gasteiger partial charge < -0.3 is 5.11 Å². The van der Waals surface area contributed by atoms with Crippen LogP contribution < -0.4 is 0 Å². The van der Waals surface area contributed by atoms with Gasteiger partial charge in [-0.15, -0.1) is 0 Å². The smallest absolute Gasteiger partial charge is 0.437 e. The first kappa shape index (κ1) is 11.0. The predicted molar refractivity (Wildman–Crippen MR) is 75.3 cm³/mol. The van der Waals surface area contributed by atoms with Crippen molar-refractivity contribution in [2.45, 2.75) is 0 Å². The summed E-state index contributed by atoms with van der Waals surface area (Å²) in [5.74, 6) is 0. The van der Waals surface area contributed by atoms with Crippen LogP contribution in [0, 0.1) is 0 Å². The lowest BCUT2D eigenvalue weighted by molar-refractivity contribution is 0.221. The van der Waals surface area contributed by atoms with E-state index in [-0.39, 0.29) is 0 Å². The maximum absolute atomic E-state index is 11.5. The highest BCUT2D eigenvalue weighted by molar-refractivity contribution is 7.57. The molecule has 0 saturated carbocycles. The Balaban J connectivity index is 2.36. The van der Waals surface area contributed by atoms with Crippen LogP contribution in [0.15, 0.2) is 60.7 Å². The molecule has 0 saturated heterocycles. The molecule has 1 unspecified atom stereocenters. The van der Waals surface area contributed by atoms with Crippen LogP contribution in [-0.2, 0) is 0 Å². The van der Waals surface area contributed by atoms with Gasteiger partial charge in [-0.1, -0.05) is 30.3 Å². The summed E-state index contributed by atoms with van der Waals surface area (Å²) in [4.78, 5) is 12.4. The molecule has 0 bridgehead atoms. The van der Waals surface area contributed by atoms with Crippen molar-refractivity contribution in [1.29, 1.82) is 0 Å². The van der Waals surface area contributed by atoms with Gasteiger partial charge in [0.25, 0.3) is 0 Å². The van der Waals surface area contributed by atoms with E-state index in [9.17, 15) is 9.90 Å². The first-order valence-electron chi connectivity index (χ1n) is 5.61. The SMILES string of the molecule is O=C(O)[s+]1c(-c2ccccc2)cc2ccccc21. The van der Waals surface area contributed by atoms with Crippen molar-refractivity contribution in [3.63, 3.8) is 0 Å². The van der Waals surface area contributed by atoms with E-state index in [1.807, 2.05) is 60.7 Å². The van der Waals surface area contributed by atoms with Crippen LogP contribution >= 0.6 is 10.5 Å². The molecule has 2 nitrogen and oxygen atoms in total. The second kappa shape index (κ2) is 4.27. The third-order valence-corrected chi connectivity index (χ3v) is 4.83. The van der Waals surface area contributed by atoms with Crippen molar-refractivity contribution < 1.29 is 9.90 Å². The van der Waals surface area contributed by atoms with Crippen molar-refractivity contribution in [1.82, 2.24) is 0 Å². The number of rotatable bonds is 2. The maximum Gasteiger partial charge on any atom is 0.553 e. The van der Waals surface area contributed by atoms with Gasteiger partial charge in [0.1, 0.15) is 10.5 Å². The Hall–Kier alpha value is -2.13. The van der Waals surface area contributed by atoms with Gasteiger partial charge in [0.15, 0.2) is 9.58 Å². The second-order valence-electron chi connectivity index (χ2n) is 3.98. The summed E-state index contributed by atoms with van der Waals surface area (Å²) in [6.07, 6.45) is 0. The van der Waals surface area contributed by atoms with Crippen LogP contribution in [-0.4, -0.2) is 10.4 Å². The lowest BCUT2D eigenvalue weighted by Gasteiger charge is -1.92. The van der Waals surface area contributed by atoms with E-state index in [2.05, 4.69) is 0 Å². The Bertz CT molecular complexity index is 714. The molecule has 1 heterocycles. The zero-order chi connectivity index (χ0) is 12.5. The van der Waals surface area contributed by atoms with Gasteiger partial charge in [-0.25, -0.2) is 0 Å². The van der Waals surface area contributed by atoms with Crippen molar-refractivity contribution in [3.05, 3.63) is 60.7 Å².